The van der Waals surface area contributed by atoms with Crippen LogP contribution in [-0.2, 0) is 17.9 Å². The molecule has 2 aliphatic rings. The highest BCUT2D eigenvalue weighted by Crippen LogP contribution is 2.34. The van der Waals surface area contributed by atoms with Crippen molar-refractivity contribution in [1.82, 2.24) is 19.2 Å². The number of amides is 1. The SMILES string of the molecule is O=C1C(=Cc2c(N3CCN(Cc4ccccc4)CC3)nc3ccccn3c2=O)SC(=S)N1Cc1ccccc1. The summed E-state index contributed by atoms with van der Waals surface area (Å²) in [5.41, 5.74) is 3.08. The molecule has 1 amide bonds. The number of thiocarbonyl (C=S) groups is 1. The third kappa shape index (κ3) is 5.38. The van der Waals surface area contributed by atoms with Crippen LogP contribution in [0.2, 0.25) is 0 Å². The van der Waals surface area contributed by atoms with Crippen molar-refractivity contribution < 1.29 is 4.79 Å². The molecule has 9 heteroatoms. The number of fused-ring (bicyclic) bond motifs is 1. The number of anilines is 1. The maximum absolute atomic E-state index is 13.7. The lowest BCUT2D eigenvalue weighted by molar-refractivity contribution is -0.122. The molecule has 0 aliphatic carbocycles. The molecule has 2 aliphatic heterocycles. The lowest BCUT2D eigenvalue weighted by atomic mass is 10.1. The Balaban J connectivity index is 1.30. The minimum absolute atomic E-state index is 0.190. The maximum atomic E-state index is 13.7. The summed E-state index contributed by atoms with van der Waals surface area (Å²) in [6, 6.07) is 25.7. The standard InChI is InChI=1S/C30H27N5O2S2/c36-28-24(19-25-29(37)35(30(38)39-25)21-23-11-5-2-6-12-23)27(31-26-13-7-8-14-34(26)28)33-17-15-32(16-18-33)20-22-9-3-1-4-10-22/h1-14,19H,15-18,20-21H2. The predicted octanol–water partition coefficient (Wildman–Crippen LogP) is 4.42. The van der Waals surface area contributed by atoms with Crippen LogP contribution in [0.4, 0.5) is 5.82 Å². The van der Waals surface area contributed by atoms with E-state index in [-0.39, 0.29) is 11.5 Å². The number of hydrogen-bond donors (Lipinski definition) is 0. The van der Waals surface area contributed by atoms with Gasteiger partial charge in [0.1, 0.15) is 15.8 Å². The summed E-state index contributed by atoms with van der Waals surface area (Å²) >= 11 is 6.79. The van der Waals surface area contributed by atoms with Gasteiger partial charge in [-0.25, -0.2) is 4.98 Å². The van der Waals surface area contributed by atoms with Gasteiger partial charge in [0.2, 0.25) is 0 Å². The molecule has 6 rings (SSSR count). The average Bonchev–Trinajstić information content (AvgIpc) is 3.23. The van der Waals surface area contributed by atoms with Crippen LogP contribution >= 0.6 is 24.0 Å². The number of thioether (sulfide) groups is 1. The summed E-state index contributed by atoms with van der Waals surface area (Å²) < 4.78 is 2.02. The second kappa shape index (κ2) is 11.1. The fourth-order valence-electron chi connectivity index (χ4n) is 4.95. The first kappa shape index (κ1) is 25.5. The van der Waals surface area contributed by atoms with Crippen molar-refractivity contribution in [3.63, 3.8) is 0 Å². The summed E-state index contributed by atoms with van der Waals surface area (Å²) in [6.07, 6.45) is 3.40. The first-order valence-electron chi connectivity index (χ1n) is 12.9. The largest absolute Gasteiger partial charge is 0.353 e. The zero-order valence-electron chi connectivity index (χ0n) is 21.3. The van der Waals surface area contributed by atoms with Crippen molar-refractivity contribution in [1.29, 1.82) is 0 Å². The average molecular weight is 554 g/mol. The zero-order valence-corrected chi connectivity index (χ0v) is 22.9. The van der Waals surface area contributed by atoms with E-state index in [1.165, 1.54) is 21.7 Å². The van der Waals surface area contributed by atoms with Crippen molar-refractivity contribution >= 4 is 51.7 Å². The highest BCUT2D eigenvalue weighted by molar-refractivity contribution is 8.26. The Kier molecular flexibility index (Phi) is 7.28. The summed E-state index contributed by atoms with van der Waals surface area (Å²) in [7, 11) is 0. The maximum Gasteiger partial charge on any atom is 0.267 e. The minimum Gasteiger partial charge on any atom is -0.353 e. The second-order valence-electron chi connectivity index (χ2n) is 9.59. The Labute approximate surface area is 236 Å². The van der Waals surface area contributed by atoms with Gasteiger partial charge in [0.05, 0.1) is 17.0 Å². The van der Waals surface area contributed by atoms with E-state index < -0.39 is 0 Å². The Hall–Kier alpha value is -3.79. The number of hydrogen-bond acceptors (Lipinski definition) is 7. The van der Waals surface area contributed by atoms with Gasteiger partial charge >= 0.3 is 0 Å². The molecular weight excluding hydrogens is 526 g/mol. The number of benzene rings is 2. The molecule has 0 unspecified atom stereocenters. The van der Waals surface area contributed by atoms with Crippen molar-refractivity contribution in [2.45, 2.75) is 13.1 Å². The van der Waals surface area contributed by atoms with E-state index in [1.54, 1.807) is 23.2 Å². The van der Waals surface area contributed by atoms with Crippen LogP contribution in [-0.4, -0.2) is 55.6 Å². The van der Waals surface area contributed by atoms with Crippen LogP contribution in [0.25, 0.3) is 11.7 Å². The molecule has 0 saturated carbocycles. The second-order valence-corrected chi connectivity index (χ2v) is 11.3. The fourth-order valence-corrected chi connectivity index (χ4v) is 6.19. The summed E-state index contributed by atoms with van der Waals surface area (Å²) in [6.45, 7) is 4.45. The number of carbonyl (C=O) groups is 1. The van der Waals surface area contributed by atoms with Crippen LogP contribution < -0.4 is 10.5 Å². The third-order valence-corrected chi connectivity index (χ3v) is 8.38. The number of carbonyl (C=O) groups excluding carboxylic acids is 1. The minimum atomic E-state index is -0.198. The molecule has 2 saturated heterocycles. The van der Waals surface area contributed by atoms with Gasteiger partial charge in [-0.15, -0.1) is 0 Å². The third-order valence-electron chi connectivity index (χ3n) is 7.00. The quantitative estimate of drug-likeness (QED) is 0.259. The first-order chi connectivity index (χ1) is 19.1. The van der Waals surface area contributed by atoms with Gasteiger partial charge in [0.25, 0.3) is 11.5 Å². The van der Waals surface area contributed by atoms with E-state index in [4.69, 9.17) is 17.2 Å². The van der Waals surface area contributed by atoms with Gasteiger partial charge in [-0.2, -0.15) is 0 Å². The van der Waals surface area contributed by atoms with Crippen molar-refractivity contribution in [2.75, 3.05) is 31.1 Å². The lowest BCUT2D eigenvalue weighted by Crippen LogP contribution is -2.47. The normalized spacial score (nSPS) is 17.5. The van der Waals surface area contributed by atoms with Crippen molar-refractivity contribution in [3.05, 3.63) is 117 Å². The number of rotatable bonds is 6. The molecule has 0 bridgehead atoms. The first-order valence-corrected chi connectivity index (χ1v) is 14.1. The Morgan fingerprint density at radius 3 is 2.15 bits per heavy atom. The van der Waals surface area contributed by atoms with Gasteiger partial charge in [0, 0.05) is 38.9 Å². The van der Waals surface area contributed by atoms with Gasteiger partial charge in [-0.3, -0.25) is 23.8 Å². The van der Waals surface area contributed by atoms with E-state index >= 15 is 0 Å². The molecule has 4 aromatic rings. The van der Waals surface area contributed by atoms with Crippen LogP contribution in [0.5, 0.6) is 0 Å². The van der Waals surface area contributed by atoms with Crippen LogP contribution in [0.3, 0.4) is 0 Å². The van der Waals surface area contributed by atoms with Gasteiger partial charge < -0.3 is 4.90 Å². The van der Waals surface area contributed by atoms with Gasteiger partial charge in [-0.05, 0) is 29.3 Å². The molecule has 196 valence electrons. The van der Waals surface area contributed by atoms with Crippen LogP contribution in [0.1, 0.15) is 16.7 Å². The molecule has 2 fully saturated rings. The number of nitrogens with zero attached hydrogens (tertiary/aromatic N) is 5. The van der Waals surface area contributed by atoms with Crippen molar-refractivity contribution in [3.8, 4) is 0 Å². The van der Waals surface area contributed by atoms with E-state index in [0.29, 0.717) is 32.8 Å². The van der Waals surface area contributed by atoms with Crippen molar-refractivity contribution in [2.24, 2.45) is 0 Å². The van der Waals surface area contributed by atoms with E-state index in [9.17, 15) is 9.59 Å². The zero-order chi connectivity index (χ0) is 26.8. The van der Waals surface area contributed by atoms with E-state index in [1.807, 2.05) is 48.5 Å². The lowest BCUT2D eigenvalue weighted by Gasteiger charge is -2.36. The molecule has 0 radical (unpaired) electrons. The highest BCUT2D eigenvalue weighted by Gasteiger charge is 2.33. The molecule has 0 N–H and O–H groups in total. The Morgan fingerprint density at radius 1 is 0.821 bits per heavy atom. The summed E-state index contributed by atoms with van der Waals surface area (Å²) in [4.78, 5) is 38.6. The molecule has 2 aromatic carbocycles. The number of piperazine rings is 1. The number of aromatic nitrogens is 2. The predicted molar refractivity (Wildman–Crippen MR) is 161 cm³/mol. The smallest absolute Gasteiger partial charge is 0.267 e. The Morgan fingerprint density at radius 2 is 1.46 bits per heavy atom. The van der Waals surface area contributed by atoms with E-state index in [0.717, 1.165) is 38.3 Å². The van der Waals surface area contributed by atoms with Crippen LogP contribution in [0.15, 0.2) is 94.8 Å². The van der Waals surface area contributed by atoms with Gasteiger partial charge in [-0.1, -0.05) is 90.7 Å². The fraction of sp³-hybridized carbons (Fsp3) is 0.200. The molecule has 2 aromatic heterocycles. The van der Waals surface area contributed by atoms with E-state index in [2.05, 4.69) is 34.1 Å². The monoisotopic (exact) mass is 553 g/mol. The molecule has 39 heavy (non-hydrogen) atoms. The molecule has 4 heterocycles. The summed E-state index contributed by atoms with van der Waals surface area (Å²) in [5, 5.41) is 0. The highest BCUT2D eigenvalue weighted by atomic mass is 32.2. The summed E-state index contributed by atoms with van der Waals surface area (Å²) in [5.74, 6) is 0.420. The number of pyridine rings is 1. The topological polar surface area (TPSA) is 61.2 Å². The molecule has 0 spiro atoms. The molecule has 0 atom stereocenters. The molecule has 7 nitrogen and oxygen atoms in total. The molecular formula is C30H27N5O2S2. The van der Waals surface area contributed by atoms with Gasteiger partial charge in [0.15, 0.2) is 0 Å². The Bertz CT molecular complexity index is 1610. The van der Waals surface area contributed by atoms with Crippen LogP contribution in [0, 0.1) is 0 Å².